The predicted octanol–water partition coefficient (Wildman–Crippen LogP) is 1.68. The Hall–Kier alpha value is -0.120. The molecule has 1 aliphatic carbocycles. The molecule has 2 atom stereocenters. The van der Waals surface area contributed by atoms with Gasteiger partial charge in [-0.05, 0) is 46.0 Å². The van der Waals surface area contributed by atoms with Crippen molar-refractivity contribution in [3.63, 3.8) is 0 Å². The summed E-state index contributed by atoms with van der Waals surface area (Å²) in [4.78, 5) is 0. The van der Waals surface area contributed by atoms with Crippen molar-refractivity contribution in [2.45, 2.75) is 57.6 Å². The molecule has 0 spiro atoms. The van der Waals surface area contributed by atoms with Gasteiger partial charge in [0.25, 0.3) is 0 Å². The summed E-state index contributed by atoms with van der Waals surface area (Å²) >= 11 is 0. The maximum Gasteiger partial charge on any atom is 0.0613 e. The molecule has 1 fully saturated rings. The summed E-state index contributed by atoms with van der Waals surface area (Å²) in [6.07, 6.45) is 4.18. The smallest absolute Gasteiger partial charge is 0.0613 e. The van der Waals surface area contributed by atoms with E-state index in [0.717, 1.165) is 32.3 Å². The van der Waals surface area contributed by atoms with Crippen molar-refractivity contribution in [3.05, 3.63) is 0 Å². The first-order valence-electron chi connectivity index (χ1n) is 5.91. The minimum absolute atomic E-state index is 0.0743. The molecular formula is C12H25NO2. The van der Waals surface area contributed by atoms with Crippen LogP contribution in [0.5, 0.6) is 0 Å². The Labute approximate surface area is 93.0 Å². The number of aliphatic hydroxyl groups is 1. The van der Waals surface area contributed by atoms with Crippen molar-refractivity contribution in [1.29, 1.82) is 0 Å². The predicted molar refractivity (Wildman–Crippen MR) is 61.7 cm³/mol. The molecule has 0 amide bonds. The Morgan fingerprint density at radius 1 is 1.47 bits per heavy atom. The molecule has 0 aromatic rings. The molecular weight excluding hydrogens is 190 g/mol. The first-order valence-corrected chi connectivity index (χ1v) is 5.91. The van der Waals surface area contributed by atoms with Gasteiger partial charge in [-0.1, -0.05) is 6.42 Å². The largest absolute Gasteiger partial charge is 0.394 e. The summed E-state index contributed by atoms with van der Waals surface area (Å²) in [6, 6.07) is 0. The molecule has 1 rings (SSSR count). The second-order valence-corrected chi connectivity index (χ2v) is 5.73. The lowest BCUT2D eigenvalue weighted by atomic mass is 9.86. The highest BCUT2D eigenvalue weighted by atomic mass is 16.5. The molecule has 3 nitrogen and oxygen atoms in total. The van der Waals surface area contributed by atoms with E-state index in [-0.39, 0.29) is 17.7 Å². The third-order valence-electron chi connectivity index (χ3n) is 3.30. The summed E-state index contributed by atoms with van der Waals surface area (Å²) in [5.74, 6) is 0.421. The zero-order valence-corrected chi connectivity index (χ0v) is 10.3. The molecule has 1 saturated carbocycles. The third-order valence-corrected chi connectivity index (χ3v) is 3.30. The van der Waals surface area contributed by atoms with Crippen LogP contribution < -0.4 is 5.73 Å². The number of rotatable bonds is 4. The van der Waals surface area contributed by atoms with Gasteiger partial charge in [-0.15, -0.1) is 0 Å². The SMILES string of the molecule is CC(C)(C)OCCC1CCCC1(N)CO. The first kappa shape index (κ1) is 12.9. The zero-order valence-electron chi connectivity index (χ0n) is 10.3. The van der Waals surface area contributed by atoms with Crippen LogP contribution >= 0.6 is 0 Å². The topological polar surface area (TPSA) is 55.5 Å². The second-order valence-electron chi connectivity index (χ2n) is 5.73. The molecule has 15 heavy (non-hydrogen) atoms. The number of aliphatic hydroxyl groups excluding tert-OH is 1. The maximum atomic E-state index is 9.29. The van der Waals surface area contributed by atoms with E-state index in [4.69, 9.17) is 10.5 Å². The molecule has 90 valence electrons. The van der Waals surface area contributed by atoms with Gasteiger partial charge in [0.15, 0.2) is 0 Å². The second kappa shape index (κ2) is 4.81. The highest BCUT2D eigenvalue weighted by Gasteiger charge is 2.38. The van der Waals surface area contributed by atoms with E-state index in [9.17, 15) is 5.11 Å². The Morgan fingerprint density at radius 3 is 2.67 bits per heavy atom. The van der Waals surface area contributed by atoms with Crippen LogP contribution in [0, 0.1) is 5.92 Å². The summed E-state index contributed by atoms with van der Waals surface area (Å²) in [7, 11) is 0. The molecule has 3 N–H and O–H groups in total. The number of hydrogen-bond donors (Lipinski definition) is 2. The molecule has 0 radical (unpaired) electrons. The lowest BCUT2D eigenvalue weighted by Gasteiger charge is -2.30. The quantitative estimate of drug-likeness (QED) is 0.750. The van der Waals surface area contributed by atoms with Crippen molar-refractivity contribution in [1.82, 2.24) is 0 Å². The fourth-order valence-electron chi connectivity index (χ4n) is 2.32. The van der Waals surface area contributed by atoms with Gasteiger partial charge >= 0.3 is 0 Å². The van der Waals surface area contributed by atoms with Crippen LogP contribution in [0.15, 0.2) is 0 Å². The Kier molecular flexibility index (Phi) is 4.15. The Balaban J connectivity index is 2.32. The molecule has 0 aliphatic heterocycles. The van der Waals surface area contributed by atoms with E-state index in [2.05, 4.69) is 20.8 Å². The molecule has 0 heterocycles. The van der Waals surface area contributed by atoms with Gasteiger partial charge in [0.05, 0.1) is 12.2 Å². The highest BCUT2D eigenvalue weighted by Crippen LogP contribution is 2.35. The van der Waals surface area contributed by atoms with Crippen LogP contribution in [0.25, 0.3) is 0 Å². The highest BCUT2D eigenvalue weighted by molar-refractivity contribution is 4.95. The molecule has 1 aliphatic rings. The summed E-state index contributed by atoms with van der Waals surface area (Å²) in [5.41, 5.74) is 5.73. The molecule has 3 heteroatoms. The van der Waals surface area contributed by atoms with Crippen LogP contribution in [0.2, 0.25) is 0 Å². The first-order chi connectivity index (χ1) is 6.87. The summed E-state index contributed by atoms with van der Waals surface area (Å²) in [5, 5.41) is 9.29. The van der Waals surface area contributed by atoms with E-state index in [1.54, 1.807) is 0 Å². The maximum absolute atomic E-state index is 9.29. The Morgan fingerprint density at radius 2 is 2.13 bits per heavy atom. The van der Waals surface area contributed by atoms with Crippen LogP contribution in [0.3, 0.4) is 0 Å². The van der Waals surface area contributed by atoms with E-state index in [0.29, 0.717) is 5.92 Å². The van der Waals surface area contributed by atoms with Crippen LogP contribution in [0.4, 0.5) is 0 Å². The van der Waals surface area contributed by atoms with Gasteiger partial charge in [-0.3, -0.25) is 0 Å². The standard InChI is InChI=1S/C12H25NO2/c1-11(2,3)15-8-6-10-5-4-7-12(10,13)9-14/h10,14H,4-9,13H2,1-3H3. The van der Waals surface area contributed by atoms with Crippen LogP contribution in [-0.2, 0) is 4.74 Å². The van der Waals surface area contributed by atoms with Crippen LogP contribution in [-0.4, -0.2) is 29.5 Å². The van der Waals surface area contributed by atoms with E-state index < -0.39 is 0 Å². The number of hydrogen-bond acceptors (Lipinski definition) is 3. The molecule has 0 aromatic carbocycles. The summed E-state index contributed by atoms with van der Waals surface area (Å²) in [6.45, 7) is 7.02. The van der Waals surface area contributed by atoms with Gasteiger partial charge in [-0.25, -0.2) is 0 Å². The molecule has 0 aromatic heterocycles. The van der Waals surface area contributed by atoms with Crippen molar-refractivity contribution in [3.8, 4) is 0 Å². The van der Waals surface area contributed by atoms with Gasteiger partial charge in [-0.2, -0.15) is 0 Å². The van der Waals surface area contributed by atoms with Gasteiger partial charge < -0.3 is 15.6 Å². The van der Waals surface area contributed by atoms with Gasteiger partial charge in [0.1, 0.15) is 0 Å². The van der Waals surface area contributed by atoms with Gasteiger partial charge in [0, 0.05) is 12.1 Å². The number of ether oxygens (including phenoxy) is 1. The minimum atomic E-state index is -0.346. The van der Waals surface area contributed by atoms with Crippen molar-refractivity contribution >= 4 is 0 Å². The summed E-state index contributed by atoms with van der Waals surface area (Å²) < 4.78 is 5.69. The van der Waals surface area contributed by atoms with Crippen molar-refractivity contribution in [2.24, 2.45) is 11.7 Å². The van der Waals surface area contributed by atoms with E-state index in [1.807, 2.05) is 0 Å². The van der Waals surface area contributed by atoms with Crippen LogP contribution in [0.1, 0.15) is 46.5 Å². The molecule has 0 bridgehead atoms. The molecule has 2 unspecified atom stereocenters. The monoisotopic (exact) mass is 215 g/mol. The van der Waals surface area contributed by atoms with Crippen molar-refractivity contribution in [2.75, 3.05) is 13.2 Å². The number of nitrogens with two attached hydrogens (primary N) is 1. The van der Waals surface area contributed by atoms with Crippen molar-refractivity contribution < 1.29 is 9.84 Å². The van der Waals surface area contributed by atoms with Gasteiger partial charge in [0.2, 0.25) is 0 Å². The fourth-order valence-corrected chi connectivity index (χ4v) is 2.32. The fraction of sp³-hybridized carbons (Fsp3) is 1.00. The normalized spacial score (nSPS) is 32.2. The van der Waals surface area contributed by atoms with E-state index >= 15 is 0 Å². The average Bonchev–Trinajstić information content (AvgIpc) is 2.47. The average molecular weight is 215 g/mol. The lowest BCUT2D eigenvalue weighted by molar-refractivity contribution is -0.0139. The minimum Gasteiger partial charge on any atom is -0.394 e. The third kappa shape index (κ3) is 3.74. The van der Waals surface area contributed by atoms with E-state index in [1.165, 1.54) is 0 Å². The lowest BCUT2D eigenvalue weighted by Crippen LogP contribution is -2.47. The molecule has 0 saturated heterocycles. The zero-order chi connectivity index (χ0) is 11.5. The Bertz CT molecular complexity index is 200.